The highest BCUT2D eigenvalue weighted by atomic mass is 35.7. The van der Waals surface area contributed by atoms with E-state index in [1.807, 2.05) is 6.92 Å². The van der Waals surface area contributed by atoms with Gasteiger partial charge in [0.25, 0.3) is 9.05 Å². The van der Waals surface area contributed by atoms with E-state index in [1.165, 1.54) is 17.6 Å². The molecule has 1 aromatic heterocycles. The van der Waals surface area contributed by atoms with Crippen molar-refractivity contribution < 1.29 is 8.42 Å². The van der Waals surface area contributed by atoms with Crippen molar-refractivity contribution in [2.24, 2.45) is 0 Å². The van der Waals surface area contributed by atoms with Crippen LogP contribution in [0, 0.1) is 6.92 Å². The van der Waals surface area contributed by atoms with Crippen LogP contribution in [0.15, 0.2) is 23.1 Å². The Kier molecular flexibility index (Phi) is 2.25. The van der Waals surface area contributed by atoms with E-state index in [2.05, 4.69) is 4.37 Å². The number of rotatable bonds is 1. The van der Waals surface area contributed by atoms with E-state index in [0.29, 0.717) is 0 Å². The van der Waals surface area contributed by atoms with E-state index in [1.54, 1.807) is 12.1 Å². The van der Waals surface area contributed by atoms with Crippen molar-refractivity contribution in [1.82, 2.24) is 4.37 Å². The Bertz CT molecular complexity index is 588. The van der Waals surface area contributed by atoms with E-state index >= 15 is 0 Å². The lowest BCUT2D eigenvalue weighted by Gasteiger charge is -1.95. The van der Waals surface area contributed by atoms with Crippen molar-refractivity contribution in [3.63, 3.8) is 0 Å². The van der Waals surface area contributed by atoms with Crippen LogP contribution in [0.2, 0.25) is 0 Å². The number of nitrogens with zero attached hydrogens (tertiary/aromatic N) is 1. The molecule has 0 N–H and O–H groups in total. The van der Waals surface area contributed by atoms with E-state index in [4.69, 9.17) is 10.7 Å². The first-order chi connectivity index (χ1) is 6.48. The van der Waals surface area contributed by atoms with Crippen molar-refractivity contribution in [2.75, 3.05) is 0 Å². The molecule has 0 amide bonds. The maximum atomic E-state index is 11.0. The van der Waals surface area contributed by atoms with Gasteiger partial charge >= 0.3 is 0 Å². The standard InChI is InChI=1S/C8H6ClNO2S2/c1-5-7-3-2-6(14(9,11)12)4-8(7)13-10-5/h2-4H,1H3. The second-order valence-corrected chi connectivity index (χ2v) is 6.23. The molecule has 0 spiro atoms. The van der Waals surface area contributed by atoms with Crippen LogP contribution in [0.4, 0.5) is 0 Å². The molecule has 2 rings (SSSR count). The molecule has 0 atom stereocenters. The molecule has 14 heavy (non-hydrogen) atoms. The van der Waals surface area contributed by atoms with Crippen LogP contribution >= 0.6 is 22.2 Å². The average molecular weight is 248 g/mol. The molecule has 0 saturated carbocycles. The summed E-state index contributed by atoms with van der Waals surface area (Å²) in [7, 11) is 1.59. The third-order valence-corrected chi connectivity index (χ3v) is 4.16. The number of benzene rings is 1. The van der Waals surface area contributed by atoms with Crippen LogP contribution in [0.3, 0.4) is 0 Å². The third kappa shape index (κ3) is 1.63. The summed E-state index contributed by atoms with van der Waals surface area (Å²) < 4.78 is 27.0. The van der Waals surface area contributed by atoms with Crippen molar-refractivity contribution in [3.05, 3.63) is 23.9 Å². The largest absolute Gasteiger partial charge is 0.261 e. The molecule has 1 aromatic carbocycles. The number of halogens is 1. The molecular formula is C8H6ClNO2S2. The molecule has 0 bridgehead atoms. The quantitative estimate of drug-likeness (QED) is 0.728. The zero-order chi connectivity index (χ0) is 10.3. The van der Waals surface area contributed by atoms with Crippen LogP contribution in [0.25, 0.3) is 10.1 Å². The van der Waals surface area contributed by atoms with Gasteiger partial charge in [-0.3, -0.25) is 0 Å². The highest BCUT2D eigenvalue weighted by Gasteiger charge is 2.11. The molecule has 0 fully saturated rings. The zero-order valence-electron chi connectivity index (χ0n) is 7.19. The molecule has 0 radical (unpaired) electrons. The second-order valence-electron chi connectivity index (χ2n) is 2.86. The summed E-state index contributed by atoms with van der Waals surface area (Å²) in [5, 5.41) is 0.971. The van der Waals surface area contributed by atoms with Gasteiger partial charge in [0.1, 0.15) is 0 Å². The smallest absolute Gasteiger partial charge is 0.207 e. The number of hydrogen-bond donors (Lipinski definition) is 0. The maximum absolute atomic E-state index is 11.0. The summed E-state index contributed by atoms with van der Waals surface area (Å²) in [6.45, 7) is 1.88. The zero-order valence-corrected chi connectivity index (χ0v) is 9.58. The van der Waals surface area contributed by atoms with Gasteiger partial charge in [0.2, 0.25) is 0 Å². The normalized spacial score (nSPS) is 12.1. The molecule has 0 aliphatic heterocycles. The molecular weight excluding hydrogens is 242 g/mol. The lowest BCUT2D eigenvalue weighted by atomic mass is 10.2. The Morgan fingerprint density at radius 2 is 2.14 bits per heavy atom. The Balaban J connectivity index is 2.76. The summed E-state index contributed by atoms with van der Waals surface area (Å²) >= 11 is 1.27. The fourth-order valence-corrected chi connectivity index (χ4v) is 2.87. The molecule has 2 aromatic rings. The van der Waals surface area contributed by atoms with Gasteiger partial charge in [-0.1, -0.05) is 6.07 Å². The summed E-state index contributed by atoms with van der Waals surface area (Å²) in [5.74, 6) is 0. The van der Waals surface area contributed by atoms with Crippen molar-refractivity contribution in [2.45, 2.75) is 11.8 Å². The lowest BCUT2D eigenvalue weighted by Crippen LogP contribution is -1.88. The summed E-state index contributed by atoms with van der Waals surface area (Å²) in [6.07, 6.45) is 0. The minimum atomic E-state index is -3.63. The van der Waals surface area contributed by atoms with Crippen molar-refractivity contribution in [1.29, 1.82) is 0 Å². The Labute approximate surface area is 89.9 Å². The molecule has 0 aliphatic rings. The molecule has 3 nitrogen and oxygen atoms in total. The second kappa shape index (κ2) is 3.18. The predicted octanol–water partition coefficient (Wildman–Crippen LogP) is 2.53. The van der Waals surface area contributed by atoms with Gasteiger partial charge in [-0.2, -0.15) is 4.37 Å². The fraction of sp³-hybridized carbons (Fsp3) is 0.125. The summed E-state index contributed by atoms with van der Waals surface area (Å²) in [4.78, 5) is 0.121. The van der Waals surface area contributed by atoms with Gasteiger partial charge in [0, 0.05) is 16.1 Å². The van der Waals surface area contributed by atoms with Gasteiger partial charge in [-0.05, 0) is 30.6 Å². The van der Waals surface area contributed by atoms with Gasteiger partial charge in [-0.25, -0.2) is 8.42 Å². The van der Waals surface area contributed by atoms with Gasteiger partial charge in [0.05, 0.1) is 15.3 Å². The van der Waals surface area contributed by atoms with E-state index in [0.717, 1.165) is 15.8 Å². The third-order valence-electron chi connectivity index (χ3n) is 1.91. The van der Waals surface area contributed by atoms with Crippen molar-refractivity contribution in [3.8, 4) is 0 Å². The maximum Gasteiger partial charge on any atom is 0.261 e. The fourth-order valence-electron chi connectivity index (χ4n) is 1.20. The average Bonchev–Trinajstić information content (AvgIpc) is 2.46. The van der Waals surface area contributed by atoms with Crippen LogP contribution in [0.1, 0.15) is 5.69 Å². The minimum absolute atomic E-state index is 0.121. The van der Waals surface area contributed by atoms with Crippen LogP contribution in [-0.4, -0.2) is 12.8 Å². The topological polar surface area (TPSA) is 47.0 Å². The molecule has 0 unspecified atom stereocenters. The van der Waals surface area contributed by atoms with Crippen LogP contribution < -0.4 is 0 Å². The SMILES string of the molecule is Cc1nsc2cc(S(=O)(=O)Cl)ccc12. The monoisotopic (exact) mass is 247 g/mol. The summed E-state index contributed by atoms with van der Waals surface area (Å²) in [5.41, 5.74) is 0.906. The molecule has 74 valence electrons. The number of aromatic nitrogens is 1. The first-order valence-corrected chi connectivity index (χ1v) is 6.87. The van der Waals surface area contributed by atoms with Crippen LogP contribution in [-0.2, 0) is 9.05 Å². The van der Waals surface area contributed by atoms with E-state index in [9.17, 15) is 8.42 Å². The number of aryl methyl sites for hydroxylation is 1. The first-order valence-electron chi connectivity index (χ1n) is 3.79. The van der Waals surface area contributed by atoms with Crippen molar-refractivity contribution >= 4 is 41.4 Å². The van der Waals surface area contributed by atoms with Gasteiger partial charge in [0.15, 0.2) is 0 Å². The molecule has 0 aliphatic carbocycles. The van der Waals surface area contributed by atoms with Gasteiger partial charge in [-0.15, -0.1) is 0 Å². The Hall–Kier alpha value is -0.650. The molecule has 6 heteroatoms. The van der Waals surface area contributed by atoms with Crippen LogP contribution in [0.5, 0.6) is 0 Å². The predicted molar refractivity (Wildman–Crippen MR) is 57.4 cm³/mol. The summed E-state index contributed by atoms with van der Waals surface area (Å²) in [6, 6.07) is 4.76. The number of hydrogen-bond acceptors (Lipinski definition) is 4. The molecule has 0 saturated heterocycles. The minimum Gasteiger partial charge on any atom is -0.207 e. The van der Waals surface area contributed by atoms with Gasteiger partial charge < -0.3 is 0 Å². The Morgan fingerprint density at radius 3 is 2.79 bits per heavy atom. The van der Waals surface area contributed by atoms with E-state index < -0.39 is 9.05 Å². The molecule has 1 heterocycles. The highest BCUT2D eigenvalue weighted by Crippen LogP contribution is 2.26. The number of fused-ring (bicyclic) bond motifs is 1. The highest BCUT2D eigenvalue weighted by molar-refractivity contribution is 8.13. The lowest BCUT2D eigenvalue weighted by molar-refractivity contribution is 0.609. The first kappa shape index (κ1) is 9.89. The Morgan fingerprint density at radius 1 is 1.43 bits per heavy atom. The van der Waals surface area contributed by atoms with E-state index in [-0.39, 0.29) is 4.90 Å².